The number of rotatable bonds is 3. The summed E-state index contributed by atoms with van der Waals surface area (Å²) in [6.45, 7) is 2.65. The summed E-state index contributed by atoms with van der Waals surface area (Å²) in [5.41, 5.74) is 2.96. The summed E-state index contributed by atoms with van der Waals surface area (Å²) >= 11 is 0. The lowest BCUT2D eigenvalue weighted by Crippen LogP contribution is -1.92. The normalized spacial score (nSPS) is 10.7. The zero-order chi connectivity index (χ0) is 12.4. The fraction of sp³-hybridized carbons (Fsp3) is 0.143. The molecular weight excluding hydrogens is 226 g/mol. The van der Waals surface area contributed by atoms with E-state index in [-0.39, 0.29) is 0 Å². The van der Waals surface area contributed by atoms with Gasteiger partial charge in [0.15, 0.2) is 0 Å². The molecule has 0 atom stereocenters. The van der Waals surface area contributed by atoms with Crippen LogP contribution in [0.25, 0.3) is 16.8 Å². The predicted octanol–water partition coefficient (Wildman–Crippen LogP) is 2.79. The third kappa shape index (κ3) is 1.93. The second-order valence-corrected chi connectivity index (χ2v) is 3.92. The Bertz CT molecular complexity index is 625. The van der Waals surface area contributed by atoms with E-state index >= 15 is 0 Å². The first-order valence-corrected chi connectivity index (χ1v) is 5.91. The van der Waals surface area contributed by atoms with E-state index in [9.17, 15) is 0 Å². The maximum absolute atomic E-state index is 5.42. The molecule has 0 aliphatic carbocycles. The average molecular weight is 239 g/mol. The molecule has 18 heavy (non-hydrogen) atoms. The van der Waals surface area contributed by atoms with Gasteiger partial charge in [0.05, 0.1) is 17.8 Å². The van der Waals surface area contributed by atoms with Crippen molar-refractivity contribution in [1.29, 1.82) is 0 Å². The van der Waals surface area contributed by atoms with E-state index in [2.05, 4.69) is 10.2 Å². The highest BCUT2D eigenvalue weighted by atomic mass is 16.5. The van der Waals surface area contributed by atoms with Crippen molar-refractivity contribution in [3.8, 4) is 17.0 Å². The van der Waals surface area contributed by atoms with Crippen molar-refractivity contribution in [2.75, 3.05) is 6.61 Å². The van der Waals surface area contributed by atoms with Crippen molar-refractivity contribution < 1.29 is 4.74 Å². The van der Waals surface area contributed by atoms with E-state index in [1.165, 1.54) is 0 Å². The molecule has 3 aromatic rings. The van der Waals surface area contributed by atoms with E-state index < -0.39 is 0 Å². The Morgan fingerprint density at radius 3 is 2.72 bits per heavy atom. The summed E-state index contributed by atoms with van der Waals surface area (Å²) in [7, 11) is 0. The summed E-state index contributed by atoms with van der Waals surface area (Å²) in [6, 6.07) is 13.8. The highest BCUT2D eigenvalue weighted by Crippen LogP contribution is 2.22. The quantitative estimate of drug-likeness (QED) is 0.705. The molecule has 3 rings (SSSR count). The van der Waals surface area contributed by atoms with Gasteiger partial charge in [-0.2, -0.15) is 9.73 Å². The van der Waals surface area contributed by atoms with E-state index in [1.807, 2.05) is 49.4 Å². The van der Waals surface area contributed by atoms with Gasteiger partial charge in [-0.3, -0.25) is 0 Å². The SMILES string of the molecule is CCOc1ccc(-c2cc3cccnn3n2)cc1. The second kappa shape index (κ2) is 4.49. The largest absolute Gasteiger partial charge is 0.494 e. The first-order chi connectivity index (χ1) is 8.86. The summed E-state index contributed by atoms with van der Waals surface area (Å²) in [5.74, 6) is 0.878. The summed E-state index contributed by atoms with van der Waals surface area (Å²) in [5, 5.41) is 8.58. The topological polar surface area (TPSA) is 39.4 Å². The molecule has 0 aliphatic rings. The van der Waals surface area contributed by atoms with E-state index in [1.54, 1.807) is 10.8 Å². The maximum Gasteiger partial charge on any atom is 0.119 e. The highest BCUT2D eigenvalue weighted by Gasteiger charge is 2.04. The van der Waals surface area contributed by atoms with Gasteiger partial charge in [0, 0.05) is 11.8 Å². The fourth-order valence-corrected chi connectivity index (χ4v) is 1.87. The Kier molecular flexibility index (Phi) is 2.68. The van der Waals surface area contributed by atoms with Crippen LogP contribution in [0.5, 0.6) is 5.75 Å². The molecule has 2 aromatic heterocycles. The summed E-state index contributed by atoms with van der Waals surface area (Å²) in [4.78, 5) is 0. The molecule has 0 amide bonds. The van der Waals surface area contributed by atoms with Crippen LogP contribution >= 0.6 is 0 Å². The van der Waals surface area contributed by atoms with Gasteiger partial charge in [-0.05, 0) is 49.4 Å². The van der Waals surface area contributed by atoms with Gasteiger partial charge in [0.25, 0.3) is 0 Å². The number of hydrogen-bond acceptors (Lipinski definition) is 3. The van der Waals surface area contributed by atoms with Crippen LogP contribution in [0.3, 0.4) is 0 Å². The zero-order valence-electron chi connectivity index (χ0n) is 10.1. The van der Waals surface area contributed by atoms with Crippen LogP contribution in [0, 0.1) is 0 Å². The minimum atomic E-state index is 0.678. The average Bonchev–Trinajstić information content (AvgIpc) is 2.84. The lowest BCUT2D eigenvalue weighted by Gasteiger charge is -2.02. The van der Waals surface area contributed by atoms with Gasteiger partial charge in [-0.15, -0.1) is 5.10 Å². The molecule has 2 heterocycles. The monoisotopic (exact) mass is 239 g/mol. The molecule has 90 valence electrons. The number of nitrogens with zero attached hydrogens (tertiary/aromatic N) is 3. The minimum absolute atomic E-state index is 0.678. The molecule has 0 saturated carbocycles. The van der Waals surface area contributed by atoms with Gasteiger partial charge in [-0.25, -0.2) is 0 Å². The number of aromatic nitrogens is 3. The molecule has 0 aliphatic heterocycles. The van der Waals surface area contributed by atoms with Crippen LogP contribution in [-0.2, 0) is 0 Å². The number of benzene rings is 1. The fourth-order valence-electron chi connectivity index (χ4n) is 1.87. The van der Waals surface area contributed by atoms with Crippen molar-refractivity contribution in [1.82, 2.24) is 14.8 Å². The first kappa shape index (κ1) is 10.8. The van der Waals surface area contributed by atoms with Crippen molar-refractivity contribution in [2.45, 2.75) is 6.92 Å². The maximum atomic E-state index is 5.42. The van der Waals surface area contributed by atoms with Gasteiger partial charge in [0.2, 0.25) is 0 Å². The van der Waals surface area contributed by atoms with E-state index in [0.717, 1.165) is 22.5 Å². The second-order valence-electron chi connectivity index (χ2n) is 3.92. The third-order valence-corrected chi connectivity index (χ3v) is 2.71. The van der Waals surface area contributed by atoms with Crippen molar-refractivity contribution in [3.63, 3.8) is 0 Å². The molecular formula is C14H13N3O. The lowest BCUT2D eigenvalue weighted by atomic mass is 10.1. The molecule has 0 fully saturated rings. The molecule has 0 saturated heterocycles. The van der Waals surface area contributed by atoms with Crippen LogP contribution in [-0.4, -0.2) is 21.4 Å². The molecule has 0 unspecified atom stereocenters. The van der Waals surface area contributed by atoms with Crippen molar-refractivity contribution >= 4 is 5.52 Å². The minimum Gasteiger partial charge on any atom is -0.494 e. The molecule has 0 bridgehead atoms. The molecule has 4 heteroatoms. The molecule has 4 nitrogen and oxygen atoms in total. The number of ether oxygens (including phenoxy) is 1. The molecule has 0 radical (unpaired) electrons. The molecule has 0 N–H and O–H groups in total. The van der Waals surface area contributed by atoms with Crippen LogP contribution in [0.1, 0.15) is 6.92 Å². The van der Waals surface area contributed by atoms with Crippen LogP contribution in [0.4, 0.5) is 0 Å². The van der Waals surface area contributed by atoms with Crippen LogP contribution in [0.2, 0.25) is 0 Å². The first-order valence-electron chi connectivity index (χ1n) is 5.91. The summed E-state index contributed by atoms with van der Waals surface area (Å²) < 4.78 is 7.05. The Morgan fingerprint density at radius 2 is 2.00 bits per heavy atom. The third-order valence-electron chi connectivity index (χ3n) is 2.71. The Labute approximate surface area is 105 Å². The predicted molar refractivity (Wildman–Crippen MR) is 69.6 cm³/mol. The zero-order valence-corrected chi connectivity index (χ0v) is 10.1. The van der Waals surface area contributed by atoms with Crippen molar-refractivity contribution in [2.24, 2.45) is 0 Å². The lowest BCUT2D eigenvalue weighted by molar-refractivity contribution is 0.340. The Balaban J connectivity index is 1.98. The van der Waals surface area contributed by atoms with Crippen LogP contribution in [0.15, 0.2) is 48.7 Å². The van der Waals surface area contributed by atoms with E-state index in [0.29, 0.717) is 6.61 Å². The van der Waals surface area contributed by atoms with Gasteiger partial charge < -0.3 is 4.74 Å². The Hall–Kier alpha value is -2.36. The molecule has 1 aromatic carbocycles. The van der Waals surface area contributed by atoms with Gasteiger partial charge in [0.1, 0.15) is 5.75 Å². The van der Waals surface area contributed by atoms with Gasteiger partial charge >= 0.3 is 0 Å². The van der Waals surface area contributed by atoms with Gasteiger partial charge in [-0.1, -0.05) is 0 Å². The van der Waals surface area contributed by atoms with Crippen molar-refractivity contribution in [3.05, 3.63) is 48.7 Å². The summed E-state index contributed by atoms with van der Waals surface area (Å²) in [6.07, 6.45) is 1.72. The number of fused-ring (bicyclic) bond motifs is 1. The smallest absolute Gasteiger partial charge is 0.119 e. The highest BCUT2D eigenvalue weighted by molar-refractivity contribution is 5.65. The molecule has 0 spiro atoms. The van der Waals surface area contributed by atoms with Crippen LogP contribution < -0.4 is 4.74 Å². The standard InChI is InChI=1S/C14H13N3O/c1-2-18-13-7-5-11(6-8-13)14-10-12-4-3-9-15-17(12)16-14/h3-10H,2H2,1H3. The Morgan fingerprint density at radius 1 is 1.17 bits per heavy atom. The number of hydrogen-bond donors (Lipinski definition) is 0. The van der Waals surface area contributed by atoms with E-state index in [4.69, 9.17) is 4.74 Å².